The molecule has 5 heteroatoms. The van der Waals surface area contributed by atoms with Gasteiger partial charge in [-0.25, -0.2) is 9.50 Å². The number of halogens is 1. The Morgan fingerprint density at radius 2 is 2.29 bits per heavy atom. The van der Waals surface area contributed by atoms with Crippen LogP contribution in [0.25, 0.3) is 5.65 Å². The number of piperidine rings is 1. The van der Waals surface area contributed by atoms with Crippen LogP contribution >= 0.6 is 22.6 Å². The van der Waals surface area contributed by atoms with E-state index in [-0.39, 0.29) is 0 Å². The number of hydrogen-bond acceptors (Lipinski definition) is 3. The molecule has 0 aromatic carbocycles. The van der Waals surface area contributed by atoms with Crippen LogP contribution in [0.1, 0.15) is 19.8 Å². The zero-order valence-corrected chi connectivity index (χ0v) is 12.0. The summed E-state index contributed by atoms with van der Waals surface area (Å²) in [5, 5.41) is 4.67. The standard InChI is InChI=1S/C12H15IN4/c1-9-3-2-6-16(8-9)12-5-4-11-14-7-10(13)17(11)15-12/h4-5,7,9H,2-3,6,8H2,1H3. The van der Waals surface area contributed by atoms with E-state index in [1.54, 1.807) is 0 Å². The highest BCUT2D eigenvalue weighted by Gasteiger charge is 2.18. The Morgan fingerprint density at radius 1 is 1.41 bits per heavy atom. The van der Waals surface area contributed by atoms with Crippen LogP contribution < -0.4 is 4.90 Å². The van der Waals surface area contributed by atoms with Crippen molar-refractivity contribution in [3.63, 3.8) is 0 Å². The van der Waals surface area contributed by atoms with E-state index < -0.39 is 0 Å². The van der Waals surface area contributed by atoms with Gasteiger partial charge >= 0.3 is 0 Å². The van der Waals surface area contributed by atoms with Gasteiger partial charge in [0.15, 0.2) is 5.65 Å². The first-order chi connectivity index (χ1) is 8.24. The van der Waals surface area contributed by atoms with Crippen molar-refractivity contribution in [1.82, 2.24) is 14.6 Å². The summed E-state index contributed by atoms with van der Waals surface area (Å²) in [7, 11) is 0. The molecule has 0 aliphatic carbocycles. The second-order valence-corrected chi connectivity index (χ2v) is 5.84. The van der Waals surface area contributed by atoms with Crippen molar-refractivity contribution in [2.45, 2.75) is 19.8 Å². The van der Waals surface area contributed by atoms with Crippen LogP contribution in [-0.4, -0.2) is 27.7 Å². The van der Waals surface area contributed by atoms with E-state index in [0.717, 1.165) is 34.2 Å². The number of aromatic nitrogens is 3. The average molecular weight is 342 g/mol. The Morgan fingerprint density at radius 3 is 3.12 bits per heavy atom. The first kappa shape index (κ1) is 11.3. The largest absolute Gasteiger partial charge is 0.355 e. The van der Waals surface area contributed by atoms with Crippen molar-refractivity contribution in [1.29, 1.82) is 0 Å². The van der Waals surface area contributed by atoms with Crippen molar-refractivity contribution < 1.29 is 0 Å². The van der Waals surface area contributed by atoms with Crippen LogP contribution in [0.4, 0.5) is 5.82 Å². The lowest BCUT2D eigenvalue weighted by Gasteiger charge is -2.31. The molecule has 3 heterocycles. The first-order valence-electron chi connectivity index (χ1n) is 5.99. The number of rotatable bonds is 1. The van der Waals surface area contributed by atoms with Crippen LogP contribution in [0, 0.1) is 9.62 Å². The van der Waals surface area contributed by atoms with E-state index in [1.165, 1.54) is 12.8 Å². The zero-order valence-electron chi connectivity index (χ0n) is 9.80. The van der Waals surface area contributed by atoms with E-state index in [1.807, 2.05) is 16.8 Å². The highest BCUT2D eigenvalue weighted by Crippen LogP contribution is 2.21. The molecule has 3 rings (SSSR count). The summed E-state index contributed by atoms with van der Waals surface area (Å²) in [5.41, 5.74) is 0.920. The molecule has 1 aliphatic rings. The fourth-order valence-corrected chi connectivity index (χ4v) is 2.90. The monoisotopic (exact) mass is 342 g/mol. The van der Waals surface area contributed by atoms with Gasteiger partial charge in [0, 0.05) is 13.1 Å². The van der Waals surface area contributed by atoms with Crippen LogP contribution in [0.2, 0.25) is 0 Å². The lowest BCUT2D eigenvalue weighted by molar-refractivity contribution is 0.443. The molecule has 0 radical (unpaired) electrons. The molecule has 0 saturated carbocycles. The van der Waals surface area contributed by atoms with Gasteiger partial charge in [-0.2, -0.15) is 0 Å². The minimum atomic E-state index is 0.767. The molecule has 90 valence electrons. The molecule has 4 nitrogen and oxygen atoms in total. The Labute approximate surface area is 114 Å². The molecular weight excluding hydrogens is 327 g/mol. The predicted octanol–water partition coefficient (Wildman–Crippen LogP) is 2.57. The fraction of sp³-hybridized carbons (Fsp3) is 0.500. The maximum absolute atomic E-state index is 4.67. The minimum Gasteiger partial charge on any atom is -0.355 e. The minimum absolute atomic E-state index is 0.767. The van der Waals surface area contributed by atoms with Crippen LogP contribution in [0.15, 0.2) is 18.3 Å². The van der Waals surface area contributed by atoms with E-state index in [4.69, 9.17) is 0 Å². The third kappa shape index (κ3) is 2.12. The molecule has 1 aliphatic heterocycles. The lowest BCUT2D eigenvalue weighted by atomic mass is 10.0. The van der Waals surface area contributed by atoms with E-state index in [2.05, 4.69) is 50.6 Å². The average Bonchev–Trinajstić information content (AvgIpc) is 2.71. The Kier molecular flexibility index (Phi) is 2.94. The van der Waals surface area contributed by atoms with Gasteiger partial charge in [-0.05, 0) is 53.5 Å². The SMILES string of the molecule is CC1CCCN(c2ccc3ncc(I)n3n2)C1. The van der Waals surface area contributed by atoms with Crippen LogP contribution in [-0.2, 0) is 0 Å². The second-order valence-electron chi connectivity index (χ2n) is 4.74. The molecule has 0 bridgehead atoms. The summed E-state index contributed by atoms with van der Waals surface area (Å²) < 4.78 is 2.97. The number of fused-ring (bicyclic) bond motifs is 1. The summed E-state index contributed by atoms with van der Waals surface area (Å²) in [6, 6.07) is 4.13. The van der Waals surface area contributed by atoms with Gasteiger partial charge in [0.25, 0.3) is 0 Å². The van der Waals surface area contributed by atoms with Gasteiger partial charge in [-0.1, -0.05) is 6.92 Å². The number of nitrogens with zero attached hydrogens (tertiary/aromatic N) is 4. The smallest absolute Gasteiger partial charge is 0.154 e. The predicted molar refractivity (Wildman–Crippen MR) is 76.3 cm³/mol. The second kappa shape index (κ2) is 4.44. The molecule has 1 unspecified atom stereocenters. The first-order valence-corrected chi connectivity index (χ1v) is 7.07. The Balaban J connectivity index is 1.96. The lowest BCUT2D eigenvalue weighted by Crippen LogP contribution is -2.35. The molecular formula is C12H15IN4. The quantitative estimate of drug-likeness (QED) is 0.747. The third-order valence-corrected chi connectivity index (χ3v) is 4.02. The summed E-state index contributed by atoms with van der Waals surface area (Å²) in [6.07, 6.45) is 4.45. The molecule has 2 aromatic heterocycles. The van der Waals surface area contributed by atoms with Gasteiger partial charge in [0.05, 0.1) is 6.20 Å². The molecule has 1 atom stereocenters. The van der Waals surface area contributed by atoms with Crippen LogP contribution in [0.3, 0.4) is 0 Å². The number of imidazole rings is 1. The number of anilines is 1. The van der Waals surface area contributed by atoms with Crippen molar-refractivity contribution in [3.8, 4) is 0 Å². The summed E-state index contributed by atoms with van der Waals surface area (Å²) >= 11 is 2.26. The molecule has 1 saturated heterocycles. The zero-order chi connectivity index (χ0) is 11.8. The van der Waals surface area contributed by atoms with Crippen molar-refractivity contribution >= 4 is 34.1 Å². The molecule has 1 fully saturated rings. The van der Waals surface area contributed by atoms with Gasteiger partial charge < -0.3 is 4.90 Å². The van der Waals surface area contributed by atoms with E-state index >= 15 is 0 Å². The molecule has 17 heavy (non-hydrogen) atoms. The fourth-order valence-electron chi connectivity index (χ4n) is 2.40. The topological polar surface area (TPSA) is 33.4 Å². The molecule has 0 spiro atoms. The molecule has 2 aromatic rings. The van der Waals surface area contributed by atoms with Gasteiger partial charge in [-0.15, -0.1) is 5.10 Å². The maximum Gasteiger partial charge on any atom is 0.154 e. The van der Waals surface area contributed by atoms with E-state index in [0.29, 0.717) is 0 Å². The molecule has 0 N–H and O–H groups in total. The molecule has 0 amide bonds. The van der Waals surface area contributed by atoms with Gasteiger partial charge in [0.1, 0.15) is 9.52 Å². The maximum atomic E-state index is 4.67. The van der Waals surface area contributed by atoms with Crippen molar-refractivity contribution in [2.24, 2.45) is 5.92 Å². The van der Waals surface area contributed by atoms with Gasteiger partial charge in [0.2, 0.25) is 0 Å². The van der Waals surface area contributed by atoms with Gasteiger partial charge in [-0.3, -0.25) is 0 Å². The highest BCUT2D eigenvalue weighted by molar-refractivity contribution is 14.1. The van der Waals surface area contributed by atoms with Crippen molar-refractivity contribution in [2.75, 3.05) is 18.0 Å². The Hall–Kier alpha value is -0.850. The summed E-state index contributed by atoms with van der Waals surface area (Å²) in [4.78, 5) is 6.67. The number of hydrogen-bond donors (Lipinski definition) is 0. The Bertz CT molecular complexity index is 536. The summed E-state index contributed by atoms with van der Waals surface area (Å²) in [6.45, 7) is 4.55. The third-order valence-electron chi connectivity index (χ3n) is 3.29. The normalized spacial score (nSPS) is 21.1. The van der Waals surface area contributed by atoms with E-state index in [9.17, 15) is 0 Å². The highest BCUT2D eigenvalue weighted by atomic mass is 127. The summed E-state index contributed by atoms with van der Waals surface area (Å²) in [5.74, 6) is 1.84. The van der Waals surface area contributed by atoms with Crippen LogP contribution in [0.5, 0.6) is 0 Å². The van der Waals surface area contributed by atoms with Crippen molar-refractivity contribution in [3.05, 3.63) is 22.0 Å².